The van der Waals surface area contributed by atoms with Crippen molar-refractivity contribution in [1.29, 1.82) is 5.26 Å². The Morgan fingerprint density at radius 3 is 2.70 bits per heavy atom. The van der Waals surface area contributed by atoms with Gasteiger partial charge >= 0.3 is 0 Å². The maximum absolute atomic E-state index is 12.1. The van der Waals surface area contributed by atoms with Gasteiger partial charge in [-0.25, -0.2) is 9.97 Å². The number of anilines is 3. The molecule has 23 heavy (non-hydrogen) atoms. The SMILES string of the molecule is N#C/C(=C/Nc1ncc(Br)cn1)C(=O)Nc1ccc(N)c(Cl)c1. The Labute approximate surface area is 145 Å². The Morgan fingerprint density at radius 1 is 1.39 bits per heavy atom. The van der Waals surface area contributed by atoms with Crippen LogP contribution >= 0.6 is 27.5 Å². The first-order valence-electron chi connectivity index (χ1n) is 6.20. The van der Waals surface area contributed by atoms with Crippen molar-refractivity contribution in [3.63, 3.8) is 0 Å². The third kappa shape index (κ3) is 4.67. The van der Waals surface area contributed by atoms with Gasteiger partial charge < -0.3 is 16.4 Å². The fourth-order valence-corrected chi connectivity index (χ4v) is 1.86. The number of carbonyl (C=O) groups excluding carboxylic acids is 1. The van der Waals surface area contributed by atoms with E-state index >= 15 is 0 Å². The maximum atomic E-state index is 12.1. The van der Waals surface area contributed by atoms with Crippen LogP contribution in [0.3, 0.4) is 0 Å². The predicted octanol–water partition coefficient (Wildman–Crippen LogP) is 2.93. The summed E-state index contributed by atoms with van der Waals surface area (Å²) in [5.41, 5.74) is 6.27. The molecular weight excluding hydrogens is 384 g/mol. The molecule has 0 atom stereocenters. The largest absolute Gasteiger partial charge is 0.398 e. The number of halogens is 2. The topological polar surface area (TPSA) is 117 Å². The van der Waals surface area contributed by atoms with E-state index in [1.54, 1.807) is 18.2 Å². The van der Waals surface area contributed by atoms with E-state index in [1.165, 1.54) is 24.7 Å². The van der Waals surface area contributed by atoms with Crippen molar-refractivity contribution in [1.82, 2.24) is 9.97 Å². The molecular formula is C14H10BrClN6O. The Bertz CT molecular complexity index is 800. The van der Waals surface area contributed by atoms with Gasteiger partial charge in [0, 0.05) is 24.3 Å². The fraction of sp³-hybridized carbons (Fsp3) is 0. The lowest BCUT2D eigenvalue weighted by atomic mass is 10.2. The van der Waals surface area contributed by atoms with Crippen LogP contribution < -0.4 is 16.4 Å². The number of benzene rings is 1. The van der Waals surface area contributed by atoms with E-state index in [4.69, 9.17) is 22.6 Å². The summed E-state index contributed by atoms with van der Waals surface area (Å²) < 4.78 is 0.713. The van der Waals surface area contributed by atoms with Crippen LogP contribution in [0, 0.1) is 11.3 Å². The van der Waals surface area contributed by atoms with Crippen molar-refractivity contribution >= 4 is 50.8 Å². The first-order chi connectivity index (χ1) is 11.0. The minimum Gasteiger partial charge on any atom is -0.398 e. The molecule has 1 amide bonds. The van der Waals surface area contributed by atoms with E-state index in [-0.39, 0.29) is 11.5 Å². The van der Waals surface area contributed by atoms with Crippen LogP contribution in [-0.4, -0.2) is 15.9 Å². The zero-order chi connectivity index (χ0) is 16.8. The molecule has 7 nitrogen and oxygen atoms in total. The summed E-state index contributed by atoms with van der Waals surface area (Å²) in [5.74, 6) is -0.345. The molecule has 0 aliphatic heterocycles. The second kappa shape index (κ2) is 7.58. The minimum atomic E-state index is -0.599. The van der Waals surface area contributed by atoms with Gasteiger partial charge in [-0.1, -0.05) is 11.6 Å². The lowest BCUT2D eigenvalue weighted by Crippen LogP contribution is -2.14. The van der Waals surface area contributed by atoms with Crippen molar-refractivity contribution in [3.8, 4) is 6.07 Å². The molecule has 116 valence electrons. The van der Waals surface area contributed by atoms with Gasteiger partial charge in [-0.2, -0.15) is 5.26 Å². The second-order valence-corrected chi connectivity index (χ2v) is 5.55. The van der Waals surface area contributed by atoms with Crippen LogP contribution in [0.4, 0.5) is 17.3 Å². The van der Waals surface area contributed by atoms with Crippen molar-refractivity contribution in [2.45, 2.75) is 0 Å². The van der Waals surface area contributed by atoms with Crippen LogP contribution in [0.2, 0.25) is 5.02 Å². The lowest BCUT2D eigenvalue weighted by Gasteiger charge is -2.06. The number of nitrogen functional groups attached to an aromatic ring is 1. The Hall–Kier alpha value is -2.63. The van der Waals surface area contributed by atoms with Crippen LogP contribution in [0.1, 0.15) is 0 Å². The van der Waals surface area contributed by atoms with E-state index in [1.807, 2.05) is 0 Å². The van der Waals surface area contributed by atoms with Gasteiger partial charge in [0.25, 0.3) is 5.91 Å². The maximum Gasteiger partial charge on any atom is 0.267 e. The van der Waals surface area contributed by atoms with Crippen molar-refractivity contribution in [2.24, 2.45) is 0 Å². The van der Waals surface area contributed by atoms with Crippen LogP contribution in [0.15, 0.2) is 46.8 Å². The molecule has 2 aromatic rings. The number of nitrogens with two attached hydrogens (primary N) is 1. The fourth-order valence-electron chi connectivity index (χ4n) is 1.48. The van der Waals surface area contributed by atoms with E-state index in [0.717, 1.165) is 0 Å². The molecule has 1 heterocycles. The highest BCUT2D eigenvalue weighted by Crippen LogP contribution is 2.22. The van der Waals surface area contributed by atoms with Crippen LogP contribution in [0.5, 0.6) is 0 Å². The number of carbonyl (C=O) groups is 1. The van der Waals surface area contributed by atoms with Gasteiger partial charge in [0.05, 0.1) is 15.2 Å². The summed E-state index contributed by atoms with van der Waals surface area (Å²) in [4.78, 5) is 20.0. The molecule has 0 aliphatic carbocycles. The molecule has 0 aliphatic rings. The quantitative estimate of drug-likeness (QED) is 0.418. The first-order valence-corrected chi connectivity index (χ1v) is 7.37. The highest BCUT2D eigenvalue weighted by Gasteiger charge is 2.10. The van der Waals surface area contributed by atoms with E-state index in [9.17, 15) is 4.79 Å². The number of hydrogen-bond acceptors (Lipinski definition) is 6. The van der Waals surface area contributed by atoms with Crippen LogP contribution in [-0.2, 0) is 4.79 Å². The van der Waals surface area contributed by atoms with Gasteiger partial charge in [0.1, 0.15) is 11.6 Å². The molecule has 0 saturated carbocycles. The van der Waals surface area contributed by atoms with Crippen molar-refractivity contribution in [2.75, 3.05) is 16.4 Å². The summed E-state index contributed by atoms with van der Waals surface area (Å²) in [7, 11) is 0. The molecule has 0 fully saturated rings. The molecule has 4 N–H and O–H groups in total. The minimum absolute atomic E-state index is 0.149. The third-order valence-electron chi connectivity index (χ3n) is 2.59. The Balaban J connectivity index is 2.08. The van der Waals surface area contributed by atoms with Gasteiger partial charge in [0.15, 0.2) is 0 Å². The van der Waals surface area contributed by atoms with E-state index < -0.39 is 5.91 Å². The monoisotopic (exact) mass is 392 g/mol. The van der Waals surface area contributed by atoms with Crippen molar-refractivity contribution < 1.29 is 4.79 Å². The van der Waals surface area contributed by atoms with E-state index in [0.29, 0.717) is 20.9 Å². The second-order valence-electron chi connectivity index (χ2n) is 4.23. The molecule has 0 bridgehead atoms. The summed E-state index contributed by atoms with van der Waals surface area (Å²) >= 11 is 9.08. The number of nitriles is 1. The average Bonchev–Trinajstić information content (AvgIpc) is 2.53. The van der Waals surface area contributed by atoms with Crippen molar-refractivity contribution in [3.05, 3.63) is 51.9 Å². The number of nitrogens with one attached hydrogen (secondary N) is 2. The summed E-state index contributed by atoms with van der Waals surface area (Å²) in [6, 6.07) is 6.43. The summed E-state index contributed by atoms with van der Waals surface area (Å²) in [6.07, 6.45) is 4.29. The standard InChI is InChI=1S/C14H10BrClN6O/c15-9-6-20-14(21-7-9)19-5-8(4-17)13(23)22-10-1-2-12(18)11(16)3-10/h1-3,5-7H,18H2,(H,22,23)(H,19,20,21)/b8-5-. The average molecular weight is 394 g/mol. The summed E-state index contributed by atoms with van der Waals surface area (Å²) in [5, 5.41) is 14.6. The van der Waals surface area contributed by atoms with Gasteiger partial charge in [-0.15, -0.1) is 0 Å². The van der Waals surface area contributed by atoms with Crippen LogP contribution in [0.25, 0.3) is 0 Å². The smallest absolute Gasteiger partial charge is 0.267 e. The first kappa shape index (κ1) is 16.7. The molecule has 0 unspecified atom stereocenters. The molecule has 2 rings (SSSR count). The van der Waals surface area contributed by atoms with Gasteiger partial charge in [-0.05, 0) is 34.1 Å². The molecule has 0 radical (unpaired) electrons. The van der Waals surface area contributed by atoms with E-state index in [2.05, 4.69) is 36.5 Å². The molecule has 0 saturated heterocycles. The van der Waals surface area contributed by atoms with Gasteiger partial charge in [0.2, 0.25) is 5.95 Å². The highest BCUT2D eigenvalue weighted by molar-refractivity contribution is 9.10. The highest BCUT2D eigenvalue weighted by atomic mass is 79.9. The molecule has 0 spiro atoms. The Morgan fingerprint density at radius 2 is 2.09 bits per heavy atom. The molecule has 1 aromatic heterocycles. The number of hydrogen-bond donors (Lipinski definition) is 3. The zero-order valence-electron chi connectivity index (χ0n) is 11.5. The molecule has 1 aromatic carbocycles. The molecule has 9 heteroatoms. The zero-order valence-corrected chi connectivity index (χ0v) is 13.9. The summed E-state index contributed by atoms with van der Waals surface area (Å²) in [6.45, 7) is 0. The number of nitrogens with zero attached hydrogens (tertiary/aromatic N) is 3. The number of aromatic nitrogens is 2. The lowest BCUT2D eigenvalue weighted by molar-refractivity contribution is -0.112. The third-order valence-corrected chi connectivity index (χ3v) is 3.33. The van der Waals surface area contributed by atoms with Gasteiger partial charge in [-0.3, -0.25) is 4.79 Å². The number of amides is 1. The predicted molar refractivity (Wildman–Crippen MR) is 91.5 cm³/mol. The number of rotatable bonds is 4. The normalized spacial score (nSPS) is 10.7. The Kier molecular flexibility index (Phi) is 5.51.